The van der Waals surface area contributed by atoms with Crippen LogP contribution < -0.4 is 10.6 Å². The van der Waals surface area contributed by atoms with E-state index in [9.17, 15) is 24.6 Å². The van der Waals surface area contributed by atoms with Crippen LogP contribution in [0.25, 0.3) is 10.8 Å². The van der Waals surface area contributed by atoms with Crippen molar-refractivity contribution in [2.24, 2.45) is 5.92 Å². The molecule has 4 rings (SSSR count). The second kappa shape index (κ2) is 13.7. The summed E-state index contributed by atoms with van der Waals surface area (Å²) in [7, 11) is 0. The smallest absolute Gasteiger partial charge is 0.326 e. The van der Waals surface area contributed by atoms with Gasteiger partial charge in [-0.3, -0.25) is 9.59 Å². The number of aliphatic carboxylic acids is 1. The lowest BCUT2D eigenvalue weighted by Crippen LogP contribution is -2.57. The molecule has 2 amide bonds. The van der Waals surface area contributed by atoms with Crippen LogP contribution in [0.1, 0.15) is 31.4 Å². The monoisotopic (exact) mass is 563 g/mol. The van der Waals surface area contributed by atoms with E-state index >= 15 is 0 Å². The van der Waals surface area contributed by atoms with Gasteiger partial charge in [0.05, 0.1) is 11.8 Å². The average Bonchev–Trinajstić information content (AvgIpc) is 2.92. The normalized spacial score (nSPS) is 19.4. The lowest BCUT2D eigenvalue weighted by atomic mass is 10.00. The highest BCUT2D eigenvalue weighted by Gasteiger charge is 2.34. The second-order valence-corrected chi connectivity index (χ2v) is 11.7. The summed E-state index contributed by atoms with van der Waals surface area (Å²) in [6.07, 6.45) is 0.702. The molecule has 40 heavy (non-hydrogen) atoms. The predicted molar refractivity (Wildman–Crippen MR) is 158 cm³/mol. The van der Waals surface area contributed by atoms with Crippen LogP contribution in [-0.4, -0.2) is 69.1 Å². The van der Waals surface area contributed by atoms with Gasteiger partial charge in [-0.25, -0.2) is 4.79 Å². The number of nitrogens with one attached hydrogen (secondary N) is 2. The molecule has 3 aromatic rings. The van der Waals surface area contributed by atoms with E-state index in [1.165, 1.54) is 28.8 Å². The molecule has 1 aliphatic rings. The number of fused-ring (bicyclic) bond motifs is 1. The number of aromatic hydroxyl groups is 1. The summed E-state index contributed by atoms with van der Waals surface area (Å²) >= 11 is 1.33. The van der Waals surface area contributed by atoms with Gasteiger partial charge in [0.1, 0.15) is 11.8 Å². The molecule has 212 valence electrons. The zero-order chi connectivity index (χ0) is 28.6. The molecule has 0 spiro atoms. The van der Waals surface area contributed by atoms with Gasteiger partial charge >= 0.3 is 5.97 Å². The number of nitrogens with zero attached hydrogens (tertiary/aromatic N) is 1. The predicted octanol–water partition coefficient (Wildman–Crippen LogP) is 3.81. The zero-order valence-corrected chi connectivity index (χ0v) is 23.7. The van der Waals surface area contributed by atoms with Crippen molar-refractivity contribution < 1.29 is 24.6 Å². The van der Waals surface area contributed by atoms with E-state index in [0.29, 0.717) is 24.3 Å². The highest BCUT2D eigenvalue weighted by atomic mass is 32.2. The van der Waals surface area contributed by atoms with Crippen molar-refractivity contribution in [1.29, 1.82) is 0 Å². The molecule has 8 nitrogen and oxygen atoms in total. The molecule has 3 atom stereocenters. The number of carboxylic acids is 1. The van der Waals surface area contributed by atoms with E-state index < -0.39 is 24.1 Å². The Kier molecular flexibility index (Phi) is 10.1. The van der Waals surface area contributed by atoms with Crippen molar-refractivity contribution >= 4 is 40.3 Å². The summed E-state index contributed by atoms with van der Waals surface area (Å²) in [6.45, 7) is 4.68. The van der Waals surface area contributed by atoms with Crippen molar-refractivity contribution in [3.05, 3.63) is 77.9 Å². The van der Waals surface area contributed by atoms with Crippen LogP contribution in [0.3, 0.4) is 0 Å². The maximum Gasteiger partial charge on any atom is 0.326 e. The Bertz CT molecular complexity index is 1320. The van der Waals surface area contributed by atoms with Gasteiger partial charge in [-0.15, -0.1) is 11.8 Å². The third-order valence-electron chi connectivity index (χ3n) is 7.11. The van der Waals surface area contributed by atoms with E-state index in [1.807, 2.05) is 38.1 Å². The fraction of sp³-hybridized carbons (Fsp3) is 0.387. The number of carbonyl (C=O) groups is 3. The Hall–Kier alpha value is -3.56. The summed E-state index contributed by atoms with van der Waals surface area (Å²) < 4.78 is 0. The second-order valence-electron chi connectivity index (χ2n) is 10.7. The number of carboxylic acid groups (broad SMARTS) is 1. The molecule has 0 aromatic heterocycles. The van der Waals surface area contributed by atoms with Crippen LogP contribution in [0.4, 0.5) is 0 Å². The van der Waals surface area contributed by atoms with Crippen LogP contribution >= 0.6 is 11.8 Å². The van der Waals surface area contributed by atoms with E-state index in [1.54, 1.807) is 12.1 Å². The minimum absolute atomic E-state index is 0.0769. The van der Waals surface area contributed by atoms with Gasteiger partial charge in [0.25, 0.3) is 0 Å². The van der Waals surface area contributed by atoms with Crippen LogP contribution in [0, 0.1) is 5.92 Å². The fourth-order valence-electron chi connectivity index (χ4n) is 5.13. The first-order valence-corrected chi connectivity index (χ1v) is 14.7. The highest BCUT2D eigenvalue weighted by molar-refractivity contribution is 8.00. The number of phenols is 1. The van der Waals surface area contributed by atoms with Gasteiger partial charge in [0, 0.05) is 31.3 Å². The third kappa shape index (κ3) is 7.76. The molecule has 1 heterocycles. The van der Waals surface area contributed by atoms with E-state index in [2.05, 4.69) is 28.8 Å². The number of hydrogen-bond acceptors (Lipinski definition) is 6. The van der Waals surface area contributed by atoms with E-state index in [4.69, 9.17) is 0 Å². The molecule has 1 fully saturated rings. The maximum atomic E-state index is 13.5. The molecule has 0 unspecified atom stereocenters. The molecule has 4 N–H and O–H groups in total. The van der Waals surface area contributed by atoms with Gasteiger partial charge in [-0.2, -0.15) is 0 Å². The van der Waals surface area contributed by atoms with Crippen LogP contribution in [0.2, 0.25) is 0 Å². The van der Waals surface area contributed by atoms with E-state index in [-0.39, 0.29) is 42.2 Å². The van der Waals surface area contributed by atoms with Gasteiger partial charge in [-0.1, -0.05) is 68.4 Å². The van der Waals surface area contributed by atoms with Crippen molar-refractivity contribution in [3.63, 3.8) is 0 Å². The molecule has 0 radical (unpaired) electrons. The number of amides is 2. The topological polar surface area (TPSA) is 119 Å². The number of rotatable bonds is 9. The number of carbonyl (C=O) groups excluding carboxylic acids is 2. The lowest BCUT2D eigenvalue weighted by Gasteiger charge is -2.35. The van der Waals surface area contributed by atoms with Gasteiger partial charge < -0.3 is 25.7 Å². The van der Waals surface area contributed by atoms with Crippen molar-refractivity contribution in [3.8, 4) is 5.75 Å². The number of thioether (sulfide) groups is 1. The fourth-order valence-corrected chi connectivity index (χ4v) is 6.09. The number of benzene rings is 3. The molecule has 9 heteroatoms. The van der Waals surface area contributed by atoms with Gasteiger partial charge in [0.2, 0.25) is 11.8 Å². The average molecular weight is 564 g/mol. The number of hydrogen-bond donors (Lipinski definition) is 4. The first-order valence-electron chi connectivity index (χ1n) is 13.6. The molecular formula is C31H37N3O5S. The Morgan fingerprint density at radius 1 is 1.07 bits per heavy atom. The van der Waals surface area contributed by atoms with Crippen LogP contribution in [0.5, 0.6) is 5.75 Å². The van der Waals surface area contributed by atoms with Gasteiger partial charge in [-0.05, 0) is 46.4 Å². The SMILES string of the molecule is CC(C)C[C@@H]1CN([C@@H](Cc2ccc(O)cc2)C(=O)O)C(=O)CSC[C@H](NCc2cccc3ccccc23)C(=O)N1. The molecule has 1 aliphatic heterocycles. The Morgan fingerprint density at radius 3 is 2.52 bits per heavy atom. The summed E-state index contributed by atoms with van der Waals surface area (Å²) in [4.78, 5) is 40.7. The first-order chi connectivity index (χ1) is 19.2. The Balaban J connectivity index is 1.52. The lowest BCUT2D eigenvalue weighted by molar-refractivity contribution is -0.149. The number of phenolic OH excluding ortho intramolecular Hbond substituents is 1. The molecule has 0 saturated carbocycles. The van der Waals surface area contributed by atoms with Crippen molar-refractivity contribution in [2.45, 2.75) is 51.4 Å². The van der Waals surface area contributed by atoms with Crippen LogP contribution in [0.15, 0.2) is 66.7 Å². The van der Waals surface area contributed by atoms with Crippen molar-refractivity contribution in [1.82, 2.24) is 15.5 Å². The zero-order valence-electron chi connectivity index (χ0n) is 22.9. The molecular weight excluding hydrogens is 526 g/mol. The molecule has 0 aliphatic carbocycles. The summed E-state index contributed by atoms with van der Waals surface area (Å²) in [5, 5.41) is 28.5. The molecule has 3 aromatic carbocycles. The first kappa shape index (κ1) is 29.4. The van der Waals surface area contributed by atoms with Gasteiger partial charge in [0.15, 0.2) is 0 Å². The minimum atomic E-state index is -1.10. The summed E-state index contributed by atoms with van der Waals surface area (Å²) in [5.41, 5.74) is 1.79. The van der Waals surface area contributed by atoms with Crippen LogP contribution in [-0.2, 0) is 27.3 Å². The highest BCUT2D eigenvalue weighted by Crippen LogP contribution is 2.21. The standard InChI is InChI=1S/C31H37N3O5S/c1-20(2)14-24-17-34(28(31(38)39)15-21-10-12-25(35)13-11-21)29(36)19-40-18-27(30(37)33-24)32-16-23-8-5-7-22-6-3-4-9-26(22)23/h3-13,20,24,27-28,32,35H,14-19H2,1-2H3,(H,33,37)(H,38,39)/t24-,27+,28+/m1/s1. The summed E-state index contributed by atoms with van der Waals surface area (Å²) in [5.74, 6) is -0.763. The van der Waals surface area contributed by atoms with E-state index in [0.717, 1.165) is 16.3 Å². The van der Waals surface area contributed by atoms with Crippen molar-refractivity contribution in [2.75, 3.05) is 18.1 Å². The quantitative estimate of drug-likeness (QED) is 0.313. The Morgan fingerprint density at radius 2 is 1.80 bits per heavy atom. The maximum absolute atomic E-state index is 13.5. The third-order valence-corrected chi connectivity index (χ3v) is 8.13. The largest absolute Gasteiger partial charge is 0.508 e. The molecule has 0 bridgehead atoms. The summed E-state index contributed by atoms with van der Waals surface area (Å²) in [6, 6.07) is 18.6. The molecule has 1 saturated heterocycles. The minimum Gasteiger partial charge on any atom is -0.508 e. The Labute approximate surface area is 239 Å².